The number of nitrogens with one attached hydrogen (secondary N) is 2. The standard InChI is InChI=1S/C11H12N6/c1-4-12-11(13-5-1)17-10-6-9(14-7-15-10)16-8-2-3-8/h1,4-8H,2-3H2,(H2,12,13,14,15,16,17). The van der Waals surface area contributed by atoms with E-state index >= 15 is 0 Å². The van der Waals surface area contributed by atoms with Gasteiger partial charge in [0.05, 0.1) is 0 Å². The fourth-order valence-electron chi connectivity index (χ4n) is 1.42. The van der Waals surface area contributed by atoms with Gasteiger partial charge in [0.25, 0.3) is 0 Å². The van der Waals surface area contributed by atoms with E-state index in [9.17, 15) is 0 Å². The number of hydrogen-bond donors (Lipinski definition) is 2. The van der Waals surface area contributed by atoms with Crippen molar-refractivity contribution < 1.29 is 0 Å². The predicted molar refractivity (Wildman–Crippen MR) is 64.0 cm³/mol. The van der Waals surface area contributed by atoms with Gasteiger partial charge in [0, 0.05) is 24.5 Å². The van der Waals surface area contributed by atoms with Crippen molar-refractivity contribution in [1.82, 2.24) is 19.9 Å². The van der Waals surface area contributed by atoms with Gasteiger partial charge in [-0.1, -0.05) is 0 Å². The molecule has 1 fully saturated rings. The molecular formula is C11H12N6. The molecule has 0 amide bonds. The van der Waals surface area contributed by atoms with Crippen LogP contribution in [0.25, 0.3) is 0 Å². The zero-order valence-corrected chi connectivity index (χ0v) is 9.17. The summed E-state index contributed by atoms with van der Waals surface area (Å²) in [5.74, 6) is 2.05. The third kappa shape index (κ3) is 2.66. The lowest BCUT2D eigenvalue weighted by atomic mass is 10.5. The van der Waals surface area contributed by atoms with Gasteiger partial charge in [-0.05, 0) is 18.9 Å². The molecule has 1 aliphatic rings. The topological polar surface area (TPSA) is 75.6 Å². The van der Waals surface area contributed by atoms with Gasteiger partial charge in [-0.15, -0.1) is 0 Å². The number of rotatable bonds is 4. The summed E-state index contributed by atoms with van der Waals surface area (Å²) in [6.45, 7) is 0. The molecule has 0 aliphatic heterocycles. The van der Waals surface area contributed by atoms with Gasteiger partial charge >= 0.3 is 0 Å². The Morgan fingerprint density at radius 3 is 2.53 bits per heavy atom. The van der Waals surface area contributed by atoms with E-state index in [2.05, 4.69) is 30.6 Å². The van der Waals surface area contributed by atoms with Crippen molar-refractivity contribution in [3.63, 3.8) is 0 Å². The van der Waals surface area contributed by atoms with Crippen molar-refractivity contribution in [3.05, 3.63) is 30.9 Å². The first-order valence-electron chi connectivity index (χ1n) is 5.53. The Bertz CT molecular complexity index is 496. The second kappa shape index (κ2) is 4.32. The van der Waals surface area contributed by atoms with Crippen molar-refractivity contribution in [2.75, 3.05) is 10.6 Å². The molecule has 86 valence electrons. The highest BCUT2D eigenvalue weighted by molar-refractivity contribution is 5.53. The molecule has 0 spiro atoms. The molecule has 2 N–H and O–H groups in total. The van der Waals surface area contributed by atoms with Gasteiger partial charge in [0.1, 0.15) is 18.0 Å². The highest BCUT2D eigenvalue weighted by Gasteiger charge is 2.21. The van der Waals surface area contributed by atoms with E-state index in [1.54, 1.807) is 18.5 Å². The molecule has 2 aromatic heterocycles. The van der Waals surface area contributed by atoms with Gasteiger partial charge in [-0.2, -0.15) is 0 Å². The Balaban J connectivity index is 1.73. The minimum Gasteiger partial charge on any atom is -0.367 e. The SMILES string of the molecule is c1cnc(Nc2cc(NC3CC3)ncn2)nc1. The minimum absolute atomic E-state index is 0.531. The van der Waals surface area contributed by atoms with Gasteiger partial charge in [-0.3, -0.25) is 0 Å². The molecule has 6 nitrogen and oxygen atoms in total. The first kappa shape index (κ1) is 9.95. The first-order valence-corrected chi connectivity index (χ1v) is 5.53. The minimum atomic E-state index is 0.531. The van der Waals surface area contributed by atoms with Crippen molar-refractivity contribution in [2.24, 2.45) is 0 Å². The largest absolute Gasteiger partial charge is 0.367 e. The zero-order chi connectivity index (χ0) is 11.5. The van der Waals surface area contributed by atoms with Gasteiger partial charge in [0.2, 0.25) is 5.95 Å². The van der Waals surface area contributed by atoms with Crippen molar-refractivity contribution in [2.45, 2.75) is 18.9 Å². The van der Waals surface area contributed by atoms with Crippen LogP contribution in [0.15, 0.2) is 30.9 Å². The molecule has 6 heteroatoms. The van der Waals surface area contributed by atoms with Crippen molar-refractivity contribution in [3.8, 4) is 0 Å². The van der Waals surface area contributed by atoms with Crippen LogP contribution >= 0.6 is 0 Å². The summed E-state index contributed by atoms with van der Waals surface area (Å²) in [5.41, 5.74) is 0. The van der Waals surface area contributed by atoms with Crippen LogP contribution < -0.4 is 10.6 Å². The highest BCUT2D eigenvalue weighted by Crippen LogP contribution is 2.24. The predicted octanol–water partition coefficient (Wildman–Crippen LogP) is 1.58. The molecule has 2 heterocycles. The summed E-state index contributed by atoms with van der Waals surface area (Å²) >= 11 is 0. The van der Waals surface area contributed by atoms with E-state index in [0.29, 0.717) is 17.8 Å². The summed E-state index contributed by atoms with van der Waals surface area (Å²) < 4.78 is 0. The summed E-state index contributed by atoms with van der Waals surface area (Å²) in [4.78, 5) is 16.4. The van der Waals surface area contributed by atoms with E-state index in [1.807, 2.05) is 6.07 Å². The lowest BCUT2D eigenvalue weighted by Crippen LogP contribution is -2.05. The molecule has 0 aromatic carbocycles. The average Bonchev–Trinajstić information content (AvgIpc) is 3.15. The zero-order valence-electron chi connectivity index (χ0n) is 9.17. The van der Waals surface area contributed by atoms with E-state index in [-0.39, 0.29) is 0 Å². The lowest BCUT2D eigenvalue weighted by molar-refractivity contribution is 1.07. The second-order valence-electron chi connectivity index (χ2n) is 3.90. The molecule has 0 atom stereocenters. The Hall–Kier alpha value is -2.24. The second-order valence-corrected chi connectivity index (χ2v) is 3.90. The van der Waals surface area contributed by atoms with E-state index in [1.165, 1.54) is 19.2 Å². The summed E-state index contributed by atoms with van der Waals surface area (Å²) in [6.07, 6.45) is 7.32. The maximum atomic E-state index is 4.16. The first-order chi connectivity index (χ1) is 8.40. The Morgan fingerprint density at radius 1 is 1.00 bits per heavy atom. The average molecular weight is 228 g/mol. The summed E-state index contributed by atoms with van der Waals surface area (Å²) in [6, 6.07) is 4.20. The van der Waals surface area contributed by atoms with Crippen LogP contribution in [0.2, 0.25) is 0 Å². The van der Waals surface area contributed by atoms with Crippen LogP contribution in [0.1, 0.15) is 12.8 Å². The maximum Gasteiger partial charge on any atom is 0.228 e. The monoisotopic (exact) mass is 228 g/mol. The summed E-state index contributed by atoms with van der Waals surface area (Å²) in [7, 11) is 0. The van der Waals surface area contributed by atoms with Crippen molar-refractivity contribution in [1.29, 1.82) is 0 Å². The van der Waals surface area contributed by atoms with Gasteiger partial charge < -0.3 is 10.6 Å². The molecule has 1 aliphatic carbocycles. The third-order valence-electron chi connectivity index (χ3n) is 2.40. The van der Waals surface area contributed by atoms with Crippen LogP contribution in [0.3, 0.4) is 0 Å². The Kier molecular flexibility index (Phi) is 2.53. The molecule has 2 aromatic rings. The van der Waals surface area contributed by atoms with Crippen molar-refractivity contribution >= 4 is 17.6 Å². The molecule has 3 rings (SSSR count). The molecule has 1 saturated carbocycles. The van der Waals surface area contributed by atoms with Crippen LogP contribution in [0.4, 0.5) is 17.6 Å². The number of hydrogen-bond acceptors (Lipinski definition) is 6. The molecule has 0 bridgehead atoms. The van der Waals surface area contributed by atoms with Crippen LogP contribution in [-0.4, -0.2) is 26.0 Å². The van der Waals surface area contributed by atoms with E-state index in [4.69, 9.17) is 0 Å². The fourth-order valence-corrected chi connectivity index (χ4v) is 1.42. The van der Waals surface area contributed by atoms with Gasteiger partial charge in [-0.25, -0.2) is 19.9 Å². The van der Waals surface area contributed by atoms with Crippen LogP contribution in [0.5, 0.6) is 0 Å². The number of anilines is 3. The normalized spacial score (nSPS) is 14.4. The smallest absolute Gasteiger partial charge is 0.228 e. The van der Waals surface area contributed by atoms with E-state index < -0.39 is 0 Å². The Labute approximate surface area is 98.6 Å². The fraction of sp³-hybridized carbons (Fsp3) is 0.273. The van der Waals surface area contributed by atoms with Gasteiger partial charge in [0.15, 0.2) is 0 Å². The number of aromatic nitrogens is 4. The number of nitrogens with zero attached hydrogens (tertiary/aromatic N) is 4. The molecule has 17 heavy (non-hydrogen) atoms. The molecule has 0 radical (unpaired) electrons. The Morgan fingerprint density at radius 2 is 1.76 bits per heavy atom. The van der Waals surface area contributed by atoms with Crippen LogP contribution in [0, 0.1) is 0 Å². The van der Waals surface area contributed by atoms with Crippen LogP contribution in [-0.2, 0) is 0 Å². The van der Waals surface area contributed by atoms with E-state index in [0.717, 1.165) is 5.82 Å². The molecule has 0 unspecified atom stereocenters. The lowest BCUT2D eigenvalue weighted by Gasteiger charge is -2.06. The molecular weight excluding hydrogens is 216 g/mol. The molecule has 0 saturated heterocycles. The highest BCUT2D eigenvalue weighted by atomic mass is 15.1. The summed E-state index contributed by atoms with van der Waals surface area (Å²) in [5, 5.41) is 6.33. The third-order valence-corrected chi connectivity index (χ3v) is 2.40. The quantitative estimate of drug-likeness (QED) is 0.827. The maximum absolute atomic E-state index is 4.16.